The van der Waals surface area contributed by atoms with E-state index >= 15 is 0 Å². The van der Waals surface area contributed by atoms with Crippen molar-refractivity contribution in [2.75, 3.05) is 20.1 Å². The molecule has 7 heteroatoms. The van der Waals surface area contributed by atoms with Gasteiger partial charge in [0.15, 0.2) is 5.84 Å². The number of hydrogen-bond donors (Lipinski definition) is 2. The summed E-state index contributed by atoms with van der Waals surface area (Å²) in [6.07, 6.45) is 11.5. The summed E-state index contributed by atoms with van der Waals surface area (Å²) < 4.78 is 0. The van der Waals surface area contributed by atoms with Gasteiger partial charge >= 0.3 is 0 Å². The van der Waals surface area contributed by atoms with Crippen molar-refractivity contribution in [3.8, 4) is 11.3 Å². The van der Waals surface area contributed by atoms with Crippen molar-refractivity contribution >= 4 is 28.9 Å². The molecule has 7 rings (SSSR count). The molecule has 1 saturated carbocycles. The number of aliphatic imine (C=N–C) groups is 3. The average molecular weight is 532 g/mol. The molecule has 2 fully saturated rings. The smallest absolute Gasteiger partial charge is 0.158 e. The van der Waals surface area contributed by atoms with E-state index in [9.17, 15) is 0 Å². The third-order valence-electron chi connectivity index (χ3n) is 8.89. The van der Waals surface area contributed by atoms with Gasteiger partial charge in [0, 0.05) is 60.5 Å². The van der Waals surface area contributed by atoms with Gasteiger partial charge in [0.1, 0.15) is 17.5 Å². The van der Waals surface area contributed by atoms with Crippen molar-refractivity contribution in [1.29, 1.82) is 0 Å². The molecule has 3 aliphatic heterocycles. The van der Waals surface area contributed by atoms with Crippen LogP contribution in [0.15, 0.2) is 81.0 Å². The molecule has 0 bridgehead atoms. The number of hydrogen-bond acceptors (Lipinski definition) is 6. The lowest BCUT2D eigenvalue weighted by molar-refractivity contribution is 0.127. The average Bonchev–Trinajstić information content (AvgIpc) is 3.72. The molecule has 0 spiro atoms. The lowest BCUT2D eigenvalue weighted by Gasteiger charge is -2.46. The van der Waals surface area contributed by atoms with Gasteiger partial charge in [-0.2, -0.15) is 0 Å². The molecule has 2 unspecified atom stereocenters. The van der Waals surface area contributed by atoms with Crippen molar-refractivity contribution < 1.29 is 0 Å². The maximum atomic E-state index is 5.40. The first-order valence-electron chi connectivity index (χ1n) is 14.5. The van der Waals surface area contributed by atoms with Gasteiger partial charge in [-0.15, -0.1) is 0 Å². The molecule has 1 saturated heterocycles. The van der Waals surface area contributed by atoms with Crippen molar-refractivity contribution in [2.24, 2.45) is 26.3 Å². The van der Waals surface area contributed by atoms with Crippen LogP contribution in [0.5, 0.6) is 0 Å². The Kier molecular flexibility index (Phi) is 6.08. The molecule has 0 amide bonds. The predicted molar refractivity (Wildman–Crippen MR) is 164 cm³/mol. The highest BCUT2D eigenvalue weighted by Crippen LogP contribution is 2.41. The van der Waals surface area contributed by atoms with E-state index in [0.717, 1.165) is 59.0 Å². The Morgan fingerprint density at radius 3 is 2.75 bits per heavy atom. The minimum Gasteiger partial charge on any atom is -0.356 e. The van der Waals surface area contributed by atoms with Gasteiger partial charge in [0.05, 0.1) is 0 Å². The Morgan fingerprint density at radius 2 is 1.95 bits per heavy atom. The Morgan fingerprint density at radius 1 is 1.07 bits per heavy atom. The van der Waals surface area contributed by atoms with E-state index in [1.54, 1.807) is 0 Å². The number of H-pyrrole nitrogens is 1. The maximum Gasteiger partial charge on any atom is 0.158 e. The first-order valence-corrected chi connectivity index (χ1v) is 14.5. The molecular formula is C33H37N7. The molecule has 2 atom stereocenters. The summed E-state index contributed by atoms with van der Waals surface area (Å²) >= 11 is 0. The van der Waals surface area contributed by atoms with Crippen LogP contribution < -0.4 is 5.32 Å². The molecule has 2 aromatic heterocycles. The van der Waals surface area contributed by atoms with Gasteiger partial charge in [-0.3, -0.25) is 9.98 Å². The van der Waals surface area contributed by atoms with Crippen molar-refractivity contribution in [1.82, 2.24) is 20.2 Å². The summed E-state index contributed by atoms with van der Waals surface area (Å²) in [5, 5.41) is 4.63. The number of aromatic amines is 1. The Balaban J connectivity index is 1.38. The summed E-state index contributed by atoms with van der Waals surface area (Å²) in [6.45, 7) is 8.85. The first kappa shape index (κ1) is 25.1. The Labute approximate surface area is 235 Å². The fourth-order valence-corrected chi connectivity index (χ4v) is 6.61. The largest absolute Gasteiger partial charge is 0.356 e. The molecule has 7 nitrogen and oxygen atoms in total. The molecule has 3 aromatic rings. The van der Waals surface area contributed by atoms with Crippen LogP contribution in [0.3, 0.4) is 0 Å². The standard InChI is InChI=1S/C33H37N7/c1-20-6-5-7-22(16-20)27-17-24-23(10-15-36-30(24)38-27)31-37-26-11-13-34-18-25(21-8-9-21)29(26)32(39-31)40(4)28-12-14-35-19-33(28,2)3/h5-7,10-11,13,15-18,21,26,28,35H,8-9,12,14,19H2,1-4H3,(H,36,38). The maximum absolute atomic E-state index is 5.40. The number of amidine groups is 2. The number of nitrogens with one attached hydrogen (secondary N) is 2. The topological polar surface area (TPSA) is 81.0 Å². The fraction of sp³-hybridized carbons (Fsp3) is 0.394. The summed E-state index contributed by atoms with van der Waals surface area (Å²) in [4.78, 5) is 26.0. The zero-order valence-electron chi connectivity index (χ0n) is 23.8. The monoisotopic (exact) mass is 531 g/mol. The summed E-state index contributed by atoms with van der Waals surface area (Å²) in [7, 11) is 2.23. The number of piperidine rings is 1. The zero-order valence-corrected chi connectivity index (χ0v) is 23.8. The normalized spacial score (nSPS) is 24.0. The molecule has 2 N–H and O–H groups in total. The number of likely N-dealkylation sites (N-methyl/N-ethyl adjacent to an activating group) is 1. The first-order chi connectivity index (χ1) is 19.4. The lowest BCUT2D eigenvalue weighted by atomic mass is 9.78. The molecule has 1 aromatic carbocycles. The van der Waals surface area contributed by atoms with Crippen molar-refractivity contribution in [2.45, 2.75) is 52.1 Å². The second kappa shape index (κ2) is 9.66. The molecule has 1 aliphatic carbocycles. The van der Waals surface area contributed by atoms with E-state index in [1.807, 2.05) is 12.4 Å². The molecule has 5 heterocycles. The van der Waals surface area contributed by atoms with E-state index in [0.29, 0.717) is 12.0 Å². The van der Waals surface area contributed by atoms with Crippen LogP contribution in [-0.4, -0.2) is 65.0 Å². The lowest BCUT2D eigenvalue weighted by Crippen LogP contribution is -2.56. The molecule has 40 heavy (non-hydrogen) atoms. The number of fused-ring (bicyclic) bond motifs is 2. The van der Waals surface area contributed by atoms with Crippen molar-refractivity contribution in [3.05, 3.63) is 77.1 Å². The minimum atomic E-state index is -0.119. The van der Waals surface area contributed by atoms with Gasteiger partial charge in [-0.25, -0.2) is 9.98 Å². The number of pyridine rings is 1. The number of allylic oxidation sites excluding steroid dienone is 1. The quantitative estimate of drug-likeness (QED) is 0.454. The van der Waals surface area contributed by atoms with Crippen LogP contribution in [0.2, 0.25) is 0 Å². The van der Waals surface area contributed by atoms with E-state index in [1.165, 1.54) is 29.6 Å². The van der Waals surface area contributed by atoms with Crippen LogP contribution in [-0.2, 0) is 0 Å². The highest BCUT2D eigenvalue weighted by molar-refractivity contribution is 6.19. The number of nitrogens with zero attached hydrogens (tertiary/aromatic N) is 5. The number of rotatable bonds is 4. The SMILES string of the molecule is Cc1cccc(-c2cc3c(C4=NC5C=CN=CC(C6CC6)=C5C(N(C)C5CCNCC5(C)C)=N4)ccnc3[nH]2)c1. The Bertz CT molecular complexity index is 1630. The van der Waals surface area contributed by atoms with Gasteiger partial charge in [-0.05, 0) is 79.5 Å². The summed E-state index contributed by atoms with van der Waals surface area (Å²) in [5.41, 5.74) is 7.91. The van der Waals surface area contributed by atoms with E-state index in [4.69, 9.17) is 9.98 Å². The molecule has 4 aliphatic rings. The highest BCUT2D eigenvalue weighted by Gasteiger charge is 2.41. The van der Waals surface area contributed by atoms with Crippen LogP contribution in [0.1, 0.15) is 44.2 Å². The molecule has 0 radical (unpaired) electrons. The fourth-order valence-electron chi connectivity index (χ4n) is 6.61. The third-order valence-corrected chi connectivity index (χ3v) is 8.89. The van der Waals surface area contributed by atoms with Gasteiger partial charge in [0.25, 0.3) is 0 Å². The molecule has 204 valence electrons. The van der Waals surface area contributed by atoms with Crippen LogP contribution in [0.4, 0.5) is 0 Å². The van der Waals surface area contributed by atoms with Gasteiger partial charge in [-0.1, -0.05) is 37.6 Å². The second-order valence-electron chi connectivity index (χ2n) is 12.3. The van der Waals surface area contributed by atoms with Gasteiger partial charge in [0.2, 0.25) is 0 Å². The summed E-state index contributed by atoms with van der Waals surface area (Å²) in [5.74, 6) is 2.34. The van der Waals surface area contributed by atoms with Crippen LogP contribution >= 0.6 is 0 Å². The highest BCUT2D eigenvalue weighted by atomic mass is 15.2. The third kappa shape index (κ3) is 4.42. The van der Waals surface area contributed by atoms with Crippen LogP contribution in [0.25, 0.3) is 22.3 Å². The second-order valence-corrected chi connectivity index (χ2v) is 12.3. The van der Waals surface area contributed by atoms with Crippen molar-refractivity contribution in [3.63, 3.8) is 0 Å². The zero-order chi connectivity index (χ0) is 27.4. The number of aromatic nitrogens is 2. The minimum absolute atomic E-state index is 0.113. The number of benzene rings is 1. The van der Waals surface area contributed by atoms with E-state index < -0.39 is 0 Å². The van der Waals surface area contributed by atoms with Gasteiger partial charge < -0.3 is 15.2 Å². The summed E-state index contributed by atoms with van der Waals surface area (Å²) in [6, 6.07) is 13.0. The number of aryl methyl sites for hydroxylation is 1. The van der Waals surface area contributed by atoms with Crippen LogP contribution in [0, 0.1) is 18.3 Å². The Hall–Kier alpha value is -3.84. The molecular weight excluding hydrogens is 494 g/mol. The van der Waals surface area contributed by atoms with E-state index in [-0.39, 0.29) is 11.5 Å². The predicted octanol–water partition coefficient (Wildman–Crippen LogP) is 5.69. The van der Waals surface area contributed by atoms with E-state index in [2.05, 4.69) is 102 Å².